The van der Waals surface area contributed by atoms with Crippen LogP contribution in [0.1, 0.15) is 5.69 Å². The molecule has 19 heavy (non-hydrogen) atoms. The SMILES string of the molecule is CO[C@H]1COC[C@@H]1Nc1nnc(C)c2ccccc12. The van der Waals surface area contributed by atoms with Crippen molar-refractivity contribution in [1.82, 2.24) is 10.2 Å². The van der Waals surface area contributed by atoms with Gasteiger partial charge in [-0.15, -0.1) is 5.10 Å². The summed E-state index contributed by atoms with van der Waals surface area (Å²) in [6.45, 7) is 3.21. The van der Waals surface area contributed by atoms with Crippen molar-refractivity contribution in [2.75, 3.05) is 25.6 Å². The number of nitrogens with one attached hydrogen (secondary N) is 1. The number of ether oxygens (including phenoxy) is 2. The molecule has 1 aromatic carbocycles. The molecule has 1 fully saturated rings. The van der Waals surface area contributed by atoms with Crippen molar-refractivity contribution in [2.24, 2.45) is 0 Å². The van der Waals surface area contributed by atoms with E-state index in [1.165, 1.54) is 0 Å². The van der Waals surface area contributed by atoms with Crippen molar-refractivity contribution in [3.05, 3.63) is 30.0 Å². The van der Waals surface area contributed by atoms with Gasteiger partial charge in [0, 0.05) is 17.9 Å². The second-order valence-corrected chi connectivity index (χ2v) is 4.74. The summed E-state index contributed by atoms with van der Waals surface area (Å²) in [6, 6.07) is 8.25. The maximum Gasteiger partial charge on any atom is 0.156 e. The summed E-state index contributed by atoms with van der Waals surface area (Å²) in [5, 5.41) is 14.1. The zero-order chi connectivity index (χ0) is 13.2. The highest BCUT2D eigenvalue weighted by Gasteiger charge is 2.28. The average Bonchev–Trinajstić information content (AvgIpc) is 2.89. The van der Waals surface area contributed by atoms with Gasteiger partial charge in [0.15, 0.2) is 5.82 Å². The van der Waals surface area contributed by atoms with Gasteiger partial charge in [-0.25, -0.2) is 0 Å². The summed E-state index contributed by atoms with van der Waals surface area (Å²) in [4.78, 5) is 0. The van der Waals surface area contributed by atoms with E-state index in [9.17, 15) is 0 Å². The Labute approximate surface area is 111 Å². The molecule has 3 rings (SSSR count). The Morgan fingerprint density at radius 1 is 1.21 bits per heavy atom. The predicted octanol–water partition coefficient (Wildman–Crippen LogP) is 1.76. The highest BCUT2D eigenvalue weighted by Crippen LogP contribution is 2.24. The lowest BCUT2D eigenvalue weighted by molar-refractivity contribution is 0.0795. The molecule has 2 aromatic rings. The lowest BCUT2D eigenvalue weighted by atomic mass is 10.1. The van der Waals surface area contributed by atoms with E-state index in [0.717, 1.165) is 22.3 Å². The third kappa shape index (κ3) is 2.27. The third-order valence-corrected chi connectivity index (χ3v) is 3.53. The summed E-state index contributed by atoms with van der Waals surface area (Å²) in [5.41, 5.74) is 0.937. The summed E-state index contributed by atoms with van der Waals surface area (Å²) in [6.07, 6.45) is 0.0573. The molecule has 100 valence electrons. The maximum atomic E-state index is 5.43. The van der Waals surface area contributed by atoms with Crippen LogP contribution in [-0.4, -0.2) is 42.7 Å². The van der Waals surface area contributed by atoms with Crippen molar-refractivity contribution in [1.29, 1.82) is 0 Å². The molecule has 0 aliphatic carbocycles. The van der Waals surface area contributed by atoms with Gasteiger partial charge in [-0.3, -0.25) is 0 Å². The van der Waals surface area contributed by atoms with E-state index in [1.807, 2.05) is 19.1 Å². The van der Waals surface area contributed by atoms with Crippen molar-refractivity contribution in [3.63, 3.8) is 0 Å². The van der Waals surface area contributed by atoms with Gasteiger partial charge in [-0.2, -0.15) is 5.10 Å². The van der Waals surface area contributed by atoms with E-state index < -0.39 is 0 Å². The molecule has 0 spiro atoms. The van der Waals surface area contributed by atoms with Crippen molar-refractivity contribution in [2.45, 2.75) is 19.1 Å². The fourth-order valence-electron chi connectivity index (χ4n) is 2.42. The van der Waals surface area contributed by atoms with Crippen LogP contribution >= 0.6 is 0 Å². The van der Waals surface area contributed by atoms with E-state index in [-0.39, 0.29) is 12.1 Å². The first-order valence-electron chi connectivity index (χ1n) is 6.38. The van der Waals surface area contributed by atoms with Crippen LogP contribution in [0.4, 0.5) is 5.82 Å². The summed E-state index contributed by atoms with van der Waals surface area (Å²) in [5.74, 6) is 0.791. The molecule has 0 amide bonds. The number of anilines is 1. The first kappa shape index (κ1) is 12.3. The number of nitrogens with zero attached hydrogens (tertiary/aromatic N) is 2. The number of aromatic nitrogens is 2. The molecule has 0 bridgehead atoms. The maximum absolute atomic E-state index is 5.43. The van der Waals surface area contributed by atoms with Gasteiger partial charge in [0.1, 0.15) is 6.10 Å². The van der Waals surface area contributed by atoms with E-state index in [2.05, 4.69) is 27.6 Å². The van der Waals surface area contributed by atoms with E-state index >= 15 is 0 Å². The molecule has 1 saturated heterocycles. The van der Waals surface area contributed by atoms with Gasteiger partial charge in [-0.1, -0.05) is 24.3 Å². The van der Waals surface area contributed by atoms with Gasteiger partial charge < -0.3 is 14.8 Å². The van der Waals surface area contributed by atoms with Crippen LogP contribution in [-0.2, 0) is 9.47 Å². The molecule has 1 aromatic heterocycles. The molecule has 0 unspecified atom stereocenters. The molecule has 1 aliphatic heterocycles. The van der Waals surface area contributed by atoms with E-state index in [1.54, 1.807) is 7.11 Å². The Bertz CT molecular complexity index is 588. The first-order valence-corrected chi connectivity index (χ1v) is 6.38. The Morgan fingerprint density at radius 3 is 2.79 bits per heavy atom. The zero-order valence-electron chi connectivity index (χ0n) is 11.1. The molecule has 5 heteroatoms. The highest BCUT2D eigenvalue weighted by molar-refractivity contribution is 5.92. The number of methoxy groups -OCH3 is 1. The minimum Gasteiger partial charge on any atom is -0.377 e. The van der Waals surface area contributed by atoms with Gasteiger partial charge >= 0.3 is 0 Å². The Hall–Kier alpha value is -1.72. The second-order valence-electron chi connectivity index (χ2n) is 4.74. The largest absolute Gasteiger partial charge is 0.377 e. The molecule has 1 aliphatic rings. The normalized spacial score (nSPS) is 22.8. The fourth-order valence-corrected chi connectivity index (χ4v) is 2.42. The van der Waals surface area contributed by atoms with Crippen LogP contribution in [0, 0.1) is 6.92 Å². The number of benzene rings is 1. The molecule has 2 atom stereocenters. The van der Waals surface area contributed by atoms with Crippen LogP contribution in [0.2, 0.25) is 0 Å². The lowest BCUT2D eigenvalue weighted by Gasteiger charge is -2.19. The summed E-state index contributed by atoms with van der Waals surface area (Å²) in [7, 11) is 1.70. The van der Waals surface area contributed by atoms with Crippen LogP contribution in [0.3, 0.4) is 0 Å². The predicted molar refractivity (Wildman–Crippen MR) is 73.3 cm³/mol. The van der Waals surface area contributed by atoms with Gasteiger partial charge in [0.2, 0.25) is 0 Å². The minimum atomic E-state index is 0.0573. The lowest BCUT2D eigenvalue weighted by Crippen LogP contribution is -2.34. The zero-order valence-corrected chi connectivity index (χ0v) is 11.1. The monoisotopic (exact) mass is 259 g/mol. The number of aryl methyl sites for hydroxylation is 1. The molecule has 1 N–H and O–H groups in total. The molecular weight excluding hydrogens is 242 g/mol. The van der Waals surface area contributed by atoms with Crippen LogP contribution < -0.4 is 5.32 Å². The van der Waals surface area contributed by atoms with Crippen molar-refractivity contribution >= 4 is 16.6 Å². The number of fused-ring (bicyclic) bond motifs is 1. The van der Waals surface area contributed by atoms with Crippen LogP contribution in [0.15, 0.2) is 24.3 Å². The topological polar surface area (TPSA) is 56.3 Å². The van der Waals surface area contributed by atoms with E-state index in [0.29, 0.717) is 13.2 Å². The smallest absolute Gasteiger partial charge is 0.156 e. The summed E-state index contributed by atoms with van der Waals surface area (Å²) >= 11 is 0. The van der Waals surface area contributed by atoms with Crippen molar-refractivity contribution < 1.29 is 9.47 Å². The van der Waals surface area contributed by atoms with Gasteiger partial charge in [0.05, 0.1) is 24.9 Å². The van der Waals surface area contributed by atoms with Gasteiger partial charge in [0.25, 0.3) is 0 Å². The quantitative estimate of drug-likeness (QED) is 0.910. The molecule has 2 heterocycles. The highest BCUT2D eigenvalue weighted by atomic mass is 16.5. The first-order chi connectivity index (χ1) is 9.29. The molecule has 0 saturated carbocycles. The fraction of sp³-hybridized carbons (Fsp3) is 0.429. The van der Waals surface area contributed by atoms with Crippen LogP contribution in [0.25, 0.3) is 10.8 Å². The van der Waals surface area contributed by atoms with Crippen LogP contribution in [0.5, 0.6) is 0 Å². The Balaban J connectivity index is 1.95. The second kappa shape index (κ2) is 5.11. The molecular formula is C14H17N3O2. The Morgan fingerprint density at radius 2 is 2.00 bits per heavy atom. The molecule has 0 radical (unpaired) electrons. The third-order valence-electron chi connectivity index (χ3n) is 3.53. The number of hydrogen-bond acceptors (Lipinski definition) is 5. The van der Waals surface area contributed by atoms with Gasteiger partial charge in [-0.05, 0) is 6.92 Å². The molecule has 5 nitrogen and oxygen atoms in total. The summed E-state index contributed by atoms with van der Waals surface area (Å²) < 4.78 is 10.8. The number of rotatable bonds is 3. The Kier molecular flexibility index (Phi) is 3.31. The number of hydrogen-bond donors (Lipinski definition) is 1. The standard InChI is InChI=1S/C14H17N3O2/c1-9-10-5-3-4-6-11(10)14(17-16-9)15-12-7-19-8-13(12)18-2/h3-6,12-13H,7-8H2,1-2H3,(H,15,17)/t12-,13-/m0/s1. The minimum absolute atomic E-state index is 0.0573. The van der Waals surface area contributed by atoms with Crippen molar-refractivity contribution in [3.8, 4) is 0 Å². The van der Waals surface area contributed by atoms with E-state index in [4.69, 9.17) is 9.47 Å². The average molecular weight is 259 g/mol.